The van der Waals surface area contributed by atoms with Gasteiger partial charge in [0.2, 0.25) is 5.91 Å². The third-order valence-electron chi connectivity index (χ3n) is 8.19. The molecule has 2 fully saturated rings. The number of thiazole rings is 1. The van der Waals surface area contributed by atoms with E-state index in [0.29, 0.717) is 6.04 Å². The number of amides is 1. The number of carbonyl (C=O) groups is 1. The second-order valence-corrected chi connectivity index (χ2v) is 11.7. The lowest BCUT2D eigenvalue weighted by molar-refractivity contribution is -0.134. The van der Waals surface area contributed by atoms with Gasteiger partial charge < -0.3 is 15.7 Å². The van der Waals surface area contributed by atoms with Crippen molar-refractivity contribution in [1.82, 2.24) is 10.3 Å². The Morgan fingerprint density at radius 3 is 2.75 bits per heavy atom. The first kappa shape index (κ1) is 21.9. The van der Waals surface area contributed by atoms with Gasteiger partial charge in [-0.25, -0.2) is 4.98 Å². The summed E-state index contributed by atoms with van der Waals surface area (Å²) in [4.78, 5) is 19.0. The number of aliphatic hydroxyl groups excluding tert-OH is 1. The summed E-state index contributed by atoms with van der Waals surface area (Å²) in [7, 11) is 0. The minimum Gasteiger partial charge on any atom is -0.392 e. The molecule has 0 bridgehead atoms. The topological polar surface area (TPSA) is 74.2 Å². The number of rotatable bonds is 6. The Balaban J connectivity index is 1.32. The minimum atomic E-state index is -0.473. The standard InChI is InChI=1S/C26H35N3O2S/c1-15(24(31)28-18-9-10-18)19-11-12-26(3)13-20-22(16(2)21(26)23(19)30)29-25(32-20)27-14-17-7-5-4-6-8-17/h4-8,15-16,18-19,21,23,30H,9-14H2,1-3H3,(H,27,29)(H,28,31). The van der Waals surface area contributed by atoms with Crippen LogP contribution < -0.4 is 10.6 Å². The molecular formula is C26H35N3O2S. The summed E-state index contributed by atoms with van der Waals surface area (Å²) >= 11 is 1.77. The summed E-state index contributed by atoms with van der Waals surface area (Å²) in [6.07, 6.45) is 4.64. The van der Waals surface area contributed by atoms with Crippen LogP contribution in [0, 0.1) is 23.2 Å². The Morgan fingerprint density at radius 2 is 2.03 bits per heavy atom. The van der Waals surface area contributed by atoms with E-state index in [1.165, 1.54) is 10.4 Å². The monoisotopic (exact) mass is 453 g/mol. The van der Waals surface area contributed by atoms with Gasteiger partial charge in [-0.3, -0.25) is 4.79 Å². The zero-order valence-electron chi connectivity index (χ0n) is 19.3. The molecule has 172 valence electrons. The molecule has 32 heavy (non-hydrogen) atoms. The Kier molecular flexibility index (Phi) is 5.79. The molecule has 5 nitrogen and oxygen atoms in total. The van der Waals surface area contributed by atoms with Crippen LogP contribution in [0.3, 0.4) is 0 Å². The number of aliphatic hydroxyl groups is 1. The highest BCUT2D eigenvalue weighted by Crippen LogP contribution is 2.57. The fourth-order valence-corrected chi connectivity index (χ4v) is 7.41. The zero-order chi connectivity index (χ0) is 22.5. The Morgan fingerprint density at radius 1 is 1.28 bits per heavy atom. The number of hydrogen-bond acceptors (Lipinski definition) is 5. The maximum absolute atomic E-state index is 12.7. The van der Waals surface area contributed by atoms with E-state index < -0.39 is 6.10 Å². The van der Waals surface area contributed by atoms with E-state index in [0.717, 1.165) is 49.5 Å². The number of fused-ring (bicyclic) bond motifs is 2. The largest absolute Gasteiger partial charge is 0.392 e. The molecule has 3 aliphatic carbocycles. The van der Waals surface area contributed by atoms with Gasteiger partial charge in [-0.05, 0) is 54.9 Å². The molecule has 1 heterocycles. The fourth-order valence-electron chi connectivity index (χ4n) is 6.15. The first-order valence-electron chi connectivity index (χ1n) is 12.1. The van der Waals surface area contributed by atoms with E-state index in [1.54, 1.807) is 11.3 Å². The highest BCUT2D eigenvalue weighted by atomic mass is 32.1. The van der Waals surface area contributed by atoms with Crippen molar-refractivity contribution in [3.63, 3.8) is 0 Å². The second kappa shape index (κ2) is 8.45. The summed E-state index contributed by atoms with van der Waals surface area (Å²) in [5.74, 6) is 0.301. The summed E-state index contributed by atoms with van der Waals surface area (Å²) in [6.45, 7) is 7.33. The predicted octanol–water partition coefficient (Wildman–Crippen LogP) is 4.72. The molecule has 6 atom stereocenters. The van der Waals surface area contributed by atoms with Gasteiger partial charge in [-0.2, -0.15) is 0 Å². The molecule has 3 N–H and O–H groups in total. The van der Waals surface area contributed by atoms with E-state index in [9.17, 15) is 9.90 Å². The van der Waals surface area contributed by atoms with Crippen molar-refractivity contribution in [2.24, 2.45) is 23.2 Å². The van der Waals surface area contributed by atoms with Crippen molar-refractivity contribution in [3.8, 4) is 0 Å². The average Bonchev–Trinajstić information content (AvgIpc) is 3.49. The number of nitrogens with one attached hydrogen (secondary N) is 2. The zero-order valence-corrected chi connectivity index (χ0v) is 20.1. The Bertz CT molecular complexity index is 973. The Labute approximate surface area is 195 Å². The third kappa shape index (κ3) is 4.08. The number of benzene rings is 1. The van der Waals surface area contributed by atoms with Gasteiger partial charge in [-0.1, -0.05) is 51.1 Å². The highest BCUT2D eigenvalue weighted by molar-refractivity contribution is 7.15. The molecule has 0 saturated heterocycles. The Hall–Kier alpha value is -1.92. The van der Waals surface area contributed by atoms with Crippen molar-refractivity contribution in [2.75, 3.05) is 5.32 Å². The SMILES string of the molecule is CC(C(=O)NC1CC1)C1CCC2(C)Cc3sc(NCc4ccccc4)nc3C(C)C2C1O. The van der Waals surface area contributed by atoms with E-state index in [1.807, 2.05) is 13.0 Å². The van der Waals surface area contributed by atoms with Crippen LogP contribution in [0.2, 0.25) is 0 Å². The van der Waals surface area contributed by atoms with Crippen LogP contribution in [0.15, 0.2) is 30.3 Å². The molecule has 2 aromatic rings. The lowest BCUT2D eigenvalue weighted by Gasteiger charge is -2.53. The lowest BCUT2D eigenvalue weighted by Crippen LogP contribution is -2.53. The van der Waals surface area contributed by atoms with Gasteiger partial charge in [0.05, 0.1) is 11.8 Å². The summed E-state index contributed by atoms with van der Waals surface area (Å²) in [6, 6.07) is 10.8. The maximum Gasteiger partial charge on any atom is 0.223 e. The number of hydrogen-bond donors (Lipinski definition) is 3. The molecule has 0 aliphatic heterocycles. The van der Waals surface area contributed by atoms with Crippen molar-refractivity contribution in [3.05, 3.63) is 46.5 Å². The van der Waals surface area contributed by atoms with Crippen molar-refractivity contribution < 1.29 is 9.90 Å². The number of nitrogens with zero attached hydrogens (tertiary/aromatic N) is 1. The van der Waals surface area contributed by atoms with Gasteiger partial charge in [-0.15, -0.1) is 11.3 Å². The number of aromatic nitrogens is 1. The molecule has 0 radical (unpaired) electrons. The molecule has 3 aliphatic rings. The minimum absolute atomic E-state index is 0.0186. The van der Waals surface area contributed by atoms with E-state index in [-0.39, 0.29) is 35.0 Å². The summed E-state index contributed by atoms with van der Waals surface area (Å²) < 4.78 is 0. The summed E-state index contributed by atoms with van der Waals surface area (Å²) in [5, 5.41) is 19.1. The van der Waals surface area contributed by atoms with Crippen LogP contribution >= 0.6 is 11.3 Å². The van der Waals surface area contributed by atoms with Gasteiger partial charge in [0, 0.05) is 29.3 Å². The van der Waals surface area contributed by atoms with E-state index in [2.05, 4.69) is 48.7 Å². The second-order valence-electron chi connectivity index (χ2n) is 10.6. The quantitative estimate of drug-likeness (QED) is 0.592. The molecule has 6 unspecified atom stereocenters. The molecule has 1 aromatic carbocycles. The molecule has 5 rings (SSSR count). The van der Waals surface area contributed by atoms with Gasteiger partial charge in [0.25, 0.3) is 0 Å². The molecular weight excluding hydrogens is 418 g/mol. The highest BCUT2D eigenvalue weighted by Gasteiger charge is 2.54. The van der Waals surface area contributed by atoms with Crippen molar-refractivity contribution in [1.29, 1.82) is 0 Å². The maximum atomic E-state index is 12.7. The predicted molar refractivity (Wildman–Crippen MR) is 129 cm³/mol. The number of anilines is 1. The van der Waals surface area contributed by atoms with Crippen molar-refractivity contribution >= 4 is 22.4 Å². The summed E-state index contributed by atoms with van der Waals surface area (Å²) in [5.41, 5.74) is 2.44. The van der Waals surface area contributed by atoms with E-state index >= 15 is 0 Å². The van der Waals surface area contributed by atoms with E-state index in [4.69, 9.17) is 4.98 Å². The third-order valence-corrected chi connectivity index (χ3v) is 9.22. The van der Waals surface area contributed by atoms with Gasteiger partial charge >= 0.3 is 0 Å². The van der Waals surface area contributed by atoms with Crippen LogP contribution in [-0.4, -0.2) is 28.1 Å². The lowest BCUT2D eigenvalue weighted by atomic mass is 9.53. The van der Waals surface area contributed by atoms with Crippen molar-refractivity contribution in [2.45, 2.75) is 77.5 Å². The fraction of sp³-hybridized carbons (Fsp3) is 0.615. The van der Waals surface area contributed by atoms with Gasteiger partial charge in [0.15, 0.2) is 5.13 Å². The smallest absolute Gasteiger partial charge is 0.223 e. The molecule has 2 saturated carbocycles. The molecule has 0 spiro atoms. The first-order valence-corrected chi connectivity index (χ1v) is 12.9. The first-order chi connectivity index (χ1) is 15.4. The van der Waals surface area contributed by atoms with Crippen LogP contribution in [0.4, 0.5) is 5.13 Å². The molecule has 6 heteroatoms. The molecule has 1 amide bonds. The van der Waals surface area contributed by atoms with Crippen LogP contribution in [0.5, 0.6) is 0 Å². The molecule has 1 aromatic heterocycles. The van der Waals surface area contributed by atoms with Crippen LogP contribution in [0.1, 0.15) is 68.5 Å². The van der Waals surface area contributed by atoms with Crippen LogP contribution in [0.25, 0.3) is 0 Å². The number of carbonyl (C=O) groups excluding carboxylic acids is 1. The van der Waals surface area contributed by atoms with Crippen LogP contribution in [-0.2, 0) is 17.8 Å². The van der Waals surface area contributed by atoms with Gasteiger partial charge in [0.1, 0.15) is 0 Å². The normalized spacial score (nSPS) is 32.5. The average molecular weight is 454 g/mol.